The zero-order valence-electron chi connectivity index (χ0n) is 17.3. The molecule has 0 radical (unpaired) electrons. The van der Waals surface area contributed by atoms with Gasteiger partial charge in [0.2, 0.25) is 11.8 Å². The van der Waals surface area contributed by atoms with Gasteiger partial charge in [0, 0.05) is 13.2 Å². The van der Waals surface area contributed by atoms with Crippen LogP contribution in [0.5, 0.6) is 0 Å². The molecule has 2 saturated heterocycles. The van der Waals surface area contributed by atoms with Crippen LogP contribution < -0.4 is 5.32 Å². The molecule has 1 N–H and O–H groups in total. The topological polar surface area (TPSA) is 67.9 Å². The van der Waals surface area contributed by atoms with Crippen molar-refractivity contribution in [3.8, 4) is 0 Å². The van der Waals surface area contributed by atoms with E-state index >= 15 is 0 Å². The van der Waals surface area contributed by atoms with Crippen LogP contribution in [0.3, 0.4) is 0 Å². The van der Waals surface area contributed by atoms with Crippen molar-refractivity contribution in [1.29, 1.82) is 0 Å². The third-order valence-corrected chi connectivity index (χ3v) is 6.61. The molecule has 2 aliphatic heterocycles. The maximum atomic E-state index is 13.4. The van der Waals surface area contributed by atoms with Crippen LogP contribution in [0.25, 0.3) is 0 Å². The Hall–Kier alpha value is -1.92. The molecule has 3 fully saturated rings. The Morgan fingerprint density at radius 3 is 2.62 bits per heavy atom. The molecule has 1 aromatic rings. The smallest absolute Gasteiger partial charge is 0.245 e. The lowest BCUT2D eigenvalue weighted by molar-refractivity contribution is -0.160. The van der Waals surface area contributed by atoms with Gasteiger partial charge < -0.3 is 14.8 Å². The lowest BCUT2D eigenvalue weighted by atomic mass is 9.83. The third-order valence-electron chi connectivity index (χ3n) is 6.61. The van der Waals surface area contributed by atoms with Crippen molar-refractivity contribution in [2.24, 2.45) is 5.92 Å². The number of rotatable bonds is 5. The van der Waals surface area contributed by atoms with Crippen molar-refractivity contribution < 1.29 is 19.1 Å². The quantitative estimate of drug-likeness (QED) is 0.825. The number of amides is 2. The summed E-state index contributed by atoms with van der Waals surface area (Å²) in [7, 11) is 0. The summed E-state index contributed by atoms with van der Waals surface area (Å²) in [6.07, 6.45) is 6.00. The van der Waals surface area contributed by atoms with E-state index in [1.807, 2.05) is 30.3 Å². The number of ether oxygens (including phenoxy) is 2. The molecule has 158 valence electrons. The molecule has 0 bridgehead atoms. The van der Waals surface area contributed by atoms with Crippen LogP contribution in [-0.4, -0.2) is 54.3 Å². The lowest BCUT2D eigenvalue weighted by Crippen LogP contribution is -2.57. The highest BCUT2D eigenvalue weighted by molar-refractivity contribution is 5.89. The molecule has 2 atom stereocenters. The van der Waals surface area contributed by atoms with Crippen LogP contribution >= 0.6 is 0 Å². The van der Waals surface area contributed by atoms with Crippen molar-refractivity contribution in [2.75, 3.05) is 19.8 Å². The number of nitrogens with one attached hydrogen (secondary N) is 1. The van der Waals surface area contributed by atoms with Crippen molar-refractivity contribution >= 4 is 11.8 Å². The second-order valence-electron chi connectivity index (χ2n) is 8.76. The molecule has 1 aliphatic carbocycles. The SMILES string of the molecule is CC1CCC2(CC1)OC[C@H](C(=O)NC[C@H]1CCCO1)N2C(=O)Cc1ccccc1. The fraction of sp³-hybridized carbons (Fsp3) is 0.652. The van der Waals surface area contributed by atoms with Gasteiger partial charge in [-0.3, -0.25) is 14.5 Å². The van der Waals surface area contributed by atoms with Gasteiger partial charge in [-0.05, 0) is 50.0 Å². The summed E-state index contributed by atoms with van der Waals surface area (Å²) in [5.74, 6) is 0.473. The second kappa shape index (κ2) is 8.84. The predicted octanol–water partition coefficient (Wildman–Crippen LogP) is 2.66. The first-order valence-electron chi connectivity index (χ1n) is 11.0. The van der Waals surface area contributed by atoms with Crippen LogP contribution in [0.4, 0.5) is 0 Å². The average molecular weight is 401 g/mol. The first-order chi connectivity index (χ1) is 14.1. The second-order valence-corrected chi connectivity index (χ2v) is 8.76. The molecule has 2 amide bonds. The van der Waals surface area contributed by atoms with E-state index in [1.54, 1.807) is 4.90 Å². The van der Waals surface area contributed by atoms with E-state index in [0.717, 1.165) is 50.7 Å². The van der Waals surface area contributed by atoms with Gasteiger partial charge in [-0.25, -0.2) is 0 Å². The van der Waals surface area contributed by atoms with Gasteiger partial charge in [-0.2, -0.15) is 0 Å². The first kappa shape index (κ1) is 20.4. The summed E-state index contributed by atoms with van der Waals surface area (Å²) < 4.78 is 11.8. The largest absolute Gasteiger partial charge is 0.376 e. The average Bonchev–Trinajstić information content (AvgIpc) is 3.38. The molecule has 0 unspecified atom stereocenters. The van der Waals surface area contributed by atoms with Gasteiger partial charge in [0.05, 0.1) is 19.1 Å². The van der Waals surface area contributed by atoms with Gasteiger partial charge >= 0.3 is 0 Å². The standard InChI is InChI=1S/C23H32N2O4/c1-17-9-11-23(12-10-17)25(21(26)14-18-6-3-2-4-7-18)20(16-29-23)22(27)24-15-19-8-5-13-28-19/h2-4,6-7,17,19-20H,5,8-16H2,1H3,(H,24,27)/t17?,19-,20-,23?/m1/s1. The van der Waals surface area contributed by atoms with Gasteiger partial charge in [0.1, 0.15) is 11.8 Å². The van der Waals surface area contributed by atoms with Gasteiger partial charge in [0.25, 0.3) is 0 Å². The monoisotopic (exact) mass is 400 g/mol. The van der Waals surface area contributed by atoms with Crippen LogP contribution in [0.2, 0.25) is 0 Å². The molecule has 2 heterocycles. The summed E-state index contributed by atoms with van der Waals surface area (Å²) >= 11 is 0. The van der Waals surface area contributed by atoms with E-state index in [9.17, 15) is 9.59 Å². The predicted molar refractivity (Wildman–Crippen MR) is 109 cm³/mol. The Labute approximate surface area is 172 Å². The minimum absolute atomic E-state index is 0.0273. The fourth-order valence-corrected chi connectivity index (χ4v) is 4.85. The van der Waals surface area contributed by atoms with Crippen LogP contribution in [0, 0.1) is 5.92 Å². The molecule has 3 aliphatic rings. The number of hydrogen-bond acceptors (Lipinski definition) is 4. The Bertz CT molecular complexity index is 709. The van der Waals surface area contributed by atoms with E-state index in [1.165, 1.54) is 0 Å². The van der Waals surface area contributed by atoms with Gasteiger partial charge in [-0.1, -0.05) is 37.3 Å². The van der Waals surface area contributed by atoms with Crippen molar-refractivity contribution in [3.05, 3.63) is 35.9 Å². The highest BCUT2D eigenvalue weighted by atomic mass is 16.5. The van der Waals surface area contributed by atoms with E-state index in [-0.39, 0.29) is 30.9 Å². The maximum Gasteiger partial charge on any atom is 0.245 e. The highest BCUT2D eigenvalue weighted by Gasteiger charge is 2.53. The molecule has 4 rings (SSSR count). The van der Waals surface area contributed by atoms with Crippen molar-refractivity contribution in [3.63, 3.8) is 0 Å². The van der Waals surface area contributed by atoms with Crippen LogP contribution in [-0.2, 0) is 25.5 Å². The number of nitrogens with zero attached hydrogens (tertiary/aromatic N) is 1. The molecule has 1 saturated carbocycles. The van der Waals surface area contributed by atoms with E-state index in [4.69, 9.17) is 9.47 Å². The fourth-order valence-electron chi connectivity index (χ4n) is 4.85. The number of benzene rings is 1. The molecule has 6 nitrogen and oxygen atoms in total. The lowest BCUT2D eigenvalue weighted by Gasteiger charge is -2.43. The minimum atomic E-state index is -0.635. The van der Waals surface area contributed by atoms with Crippen molar-refractivity contribution in [2.45, 2.75) is 69.7 Å². The Morgan fingerprint density at radius 2 is 1.93 bits per heavy atom. The van der Waals surface area contributed by atoms with Gasteiger partial charge in [0.15, 0.2) is 0 Å². The zero-order chi connectivity index (χ0) is 20.3. The molecular weight excluding hydrogens is 368 g/mol. The Morgan fingerprint density at radius 1 is 1.17 bits per heavy atom. The Kier molecular flexibility index (Phi) is 6.20. The van der Waals surface area contributed by atoms with Crippen LogP contribution in [0.1, 0.15) is 51.0 Å². The Balaban J connectivity index is 1.49. The van der Waals surface area contributed by atoms with E-state index in [2.05, 4.69) is 12.2 Å². The summed E-state index contributed by atoms with van der Waals surface area (Å²) in [5, 5.41) is 3.01. The summed E-state index contributed by atoms with van der Waals surface area (Å²) in [6.45, 7) is 3.77. The molecule has 6 heteroatoms. The number of carbonyl (C=O) groups excluding carboxylic acids is 2. The molecule has 1 aromatic carbocycles. The number of carbonyl (C=O) groups is 2. The minimum Gasteiger partial charge on any atom is -0.376 e. The van der Waals surface area contributed by atoms with E-state index < -0.39 is 11.8 Å². The highest BCUT2D eigenvalue weighted by Crippen LogP contribution is 2.42. The van der Waals surface area contributed by atoms with Gasteiger partial charge in [-0.15, -0.1) is 0 Å². The molecular formula is C23H32N2O4. The summed E-state index contributed by atoms with van der Waals surface area (Å²) in [5.41, 5.74) is 0.326. The maximum absolute atomic E-state index is 13.4. The molecule has 29 heavy (non-hydrogen) atoms. The summed E-state index contributed by atoms with van der Waals surface area (Å²) in [4.78, 5) is 28.2. The molecule has 0 aromatic heterocycles. The normalized spacial score (nSPS) is 31.9. The van der Waals surface area contributed by atoms with Crippen LogP contribution in [0.15, 0.2) is 30.3 Å². The first-order valence-corrected chi connectivity index (χ1v) is 11.0. The van der Waals surface area contributed by atoms with E-state index in [0.29, 0.717) is 12.5 Å². The summed E-state index contributed by atoms with van der Waals surface area (Å²) in [6, 6.07) is 9.16. The third kappa shape index (κ3) is 4.48. The van der Waals surface area contributed by atoms with Crippen molar-refractivity contribution in [1.82, 2.24) is 10.2 Å². The zero-order valence-corrected chi connectivity index (χ0v) is 17.3. The number of hydrogen-bond donors (Lipinski definition) is 1. The molecule has 1 spiro atoms.